The van der Waals surface area contributed by atoms with E-state index >= 15 is 0 Å². The summed E-state index contributed by atoms with van der Waals surface area (Å²) in [7, 11) is 0. The Balaban J connectivity index is 2.44. The van der Waals surface area contributed by atoms with Crippen molar-refractivity contribution in [2.75, 3.05) is 11.1 Å². The maximum atomic E-state index is 12.8. The highest BCUT2D eigenvalue weighted by molar-refractivity contribution is 5.73. The molecule has 1 aromatic carbocycles. The summed E-state index contributed by atoms with van der Waals surface area (Å²) < 4.78 is 40.0. The number of nitrogens with two attached hydrogens (primary N) is 1. The Morgan fingerprint density at radius 2 is 1.95 bits per heavy atom. The monoisotopic (exact) mass is 298 g/mol. The van der Waals surface area contributed by atoms with Crippen LogP contribution in [0.4, 0.5) is 30.4 Å². The van der Waals surface area contributed by atoms with Crippen LogP contribution in [0.15, 0.2) is 18.2 Å². The minimum Gasteiger partial charge on any atom is -0.394 e. The highest BCUT2D eigenvalue weighted by Crippen LogP contribution is 2.34. The van der Waals surface area contributed by atoms with E-state index < -0.39 is 11.7 Å². The Bertz CT molecular complexity index is 659. The fourth-order valence-corrected chi connectivity index (χ4v) is 2.02. The molecule has 1 aromatic heterocycles. The molecule has 0 aliphatic heterocycles. The van der Waals surface area contributed by atoms with E-state index in [0.717, 1.165) is 12.1 Å². The summed E-state index contributed by atoms with van der Waals surface area (Å²) in [6.07, 6.45) is -4.38. The number of alkyl halides is 3. The Morgan fingerprint density at radius 3 is 2.52 bits per heavy atom. The lowest BCUT2D eigenvalue weighted by atomic mass is 10.1. The van der Waals surface area contributed by atoms with Gasteiger partial charge >= 0.3 is 6.18 Å². The molecule has 0 aliphatic rings. The number of aromatic nitrogens is 2. The van der Waals surface area contributed by atoms with Crippen LogP contribution in [-0.2, 0) is 12.7 Å². The van der Waals surface area contributed by atoms with E-state index in [2.05, 4.69) is 10.4 Å². The van der Waals surface area contributed by atoms with Crippen molar-refractivity contribution >= 4 is 17.2 Å². The number of nitrogens with zero attached hydrogens (tertiary/aromatic N) is 2. The zero-order valence-corrected chi connectivity index (χ0v) is 12.0. The smallest absolute Gasteiger partial charge is 0.394 e. The molecule has 0 saturated carbocycles. The Morgan fingerprint density at radius 1 is 1.29 bits per heavy atom. The first-order valence-corrected chi connectivity index (χ1v) is 6.51. The fraction of sp³-hybridized carbons (Fsp3) is 0.357. The largest absolute Gasteiger partial charge is 0.416 e. The molecule has 0 amide bonds. The number of benzene rings is 1. The summed E-state index contributed by atoms with van der Waals surface area (Å²) in [5, 5.41) is 7.20. The number of rotatable bonds is 3. The van der Waals surface area contributed by atoms with Gasteiger partial charge in [-0.25, -0.2) is 4.68 Å². The Kier molecular flexibility index (Phi) is 3.85. The first kappa shape index (κ1) is 15.2. The van der Waals surface area contributed by atoms with E-state index in [1.54, 1.807) is 18.5 Å². The topological polar surface area (TPSA) is 55.9 Å². The van der Waals surface area contributed by atoms with Crippen LogP contribution in [0.25, 0.3) is 0 Å². The highest BCUT2D eigenvalue weighted by Gasteiger charge is 2.31. The molecule has 0 fully saturated rings. The van der Waals surface area contributed by atoms with Crippen molar-refractivity contribution in [2.24, 2.45) is 0 Å². The third-order valence-electron chi connectivity index (χ3n) is 3.29. The minimum atomic E-state index is -4.38. The van der Waals surface area contributed by atoms with Gasteiger partial charge in [-0.3, -0.25) is 0 Å². The van der Waals surface area contributed by atoms with Crippen molar-refractivity contribution in [3.05, 3.63) is 35.0 Å². The highest BCUT2D eigenvalue weighted by atomic mass is 19.4. The first-order valence-electron chi connectivity index (χ1n) is 6.51. The zero-order valence-electron chi connectivity index (χ0n) is 12.0. The molecule has 0 saturated heterocycles. The van der Waals surface area contributed by atoms with Crippen LogP contribution < -0.4 is 11.1 Å². The lowest BCUT2D eigenvalue weighted by Crippen LogP contribution is -2.08. The second-order valence-electron chi connectivity index (χ2n) is 4.82. The average Bonchev–Trinajstić information content (AvgIpc) is 2.67. The van der Waals surface area contributed by atoms with Gasteiger partial charge in [0.05, 0.1) is 16.9 Å². The molecule has 2 aromatic rings. The number of hydrogen-bond acceptors (Lipinski definition) is 3. The number of halogens is 3. The molecule has 0 aliphatic carbocycles. The summed E-state index contributed by atoms with van der Waals surface area (Å²) in [5.74, 6) is 0.512. The predicted molar refractivity (Wildman–Crippen MR) is 76.5 cm³/mol. The van der Waals surface area contributed by atoms with Crippen LogP contribution in [0.1, 0.15) is 23.7 Å². The first-order chi connectivity index (χ1) is 9.74. The normalized spacial score (nSPS) is 11.7. The second-order valence-corrected chi connectivity index (χ2v) is 4.82. The van der Waals surface area contributed by atoms with Gasteiger partial charge in [-0.2, -0.15) is 18.3 Å². The van der Waals surface area contributed by atoms with Crippen molar-refractivity contribution in [2.45, 2.75) is 33.5 Å². The van der Waals surface area contributed by atoms with Crippen LogP contribution in [0, 0.1) is 13.8 Å². The van der Waals surface area contributed by atoms with Gasteiger partial charge in [-0.15, -0.1) is 0 Å². The Labute approximate surface area is 120 Å². The third kappa shape index (κ3) is 2.96. The van der Waals surface area contributed by atoms with Crippen molar-refractivity contribution in [1.29, 1.82) is 0 Å². The summed E-state index contributed by atoms with van der Waals surface area (Å²) in [4.78, 5) is 0. The van der Waals surface area contributed by atoms with Crippen LogP contribution in [-0.4, -0.2) is 9.78 Å². The summed E-state index contributed by atoms with van der Waals surface area (Å²) in [6, 6.07) is 3.57. The molecule has 0 bridgehead atoms. The minimum absolute atomic E-state index is 0.367. The molecule has 2 rings (SSSR count). The van der Waals surface area contributed by atoms with Gasteiger partial charge in [-0.1, -0.05) is 6.07 Å². The van der Waals surface area contributed by atoms with Gasteiger partial charge < -0.3 is 11.1 Å². The number of anilines is 3. The maximum absolute atomic E-state index is 12.8. The van der Waals surface area contributed by atoms with Crippen molar-refractivity contribution in [1.82, 2.24) is 9.78 Å². The lowest BCUT2D eigenvalue weighted by Gasteiger charge is -2.14. The number of aryl methyl sites for hydroxylation is 3. The SMILES string of the molecule is CCn1nc(C)c(N)c1Nc1cc(C(F)(F)F)ccc1C. The van der Waals surface area contributed by atoms with Crippen LogP contribution in [0.5, 0.6) is 0 Å². The fourth-order valence-electron chi connectivity index (χ4n) is 2.02. The van der Waals surface area contributed by atoms with E-state index in [1.165, 1.54) is 6.07 Å². The molecule has 114 valence electrons. The number of nitrogens with one attached hydrogen (secondary N) is 1. The second kappa shape index (κ2) is 5.31. The Hall–Kier alpha value is -2.18. The molecule has 0 unspecified atom stereocenters. The van der Waals surface area contributed by atoms with E-state index in [9.17, 15) is 13.2 Å². The number of nitrogen functional groups attached to an aromatic ring is 1. The molecule has 21 heavy (non-hydrogen) atoms. The van der Waals surface area contributed by atoms with Gasteiger partial charge in [0.25, 0.3) is 0 Å². The molecule has 0 radical (unpaired) electrons. The van der Waals surface area contributed by atoms with Crippen molar-refractivity contribution in [3.8, 4) is 0 Å². The quantitative estimate of drug-likeness (QED) is 0.904. The average molecular weight is 298 g/mol. The standard InChI is InChI=1S/C14H17F3N4/c1-4-21-13(12(18)9(3)20-21)19-11-7-10(14(15,16)17)6-5-8(11)2/h5-7,19H,4,18H2,1-3H3. The van der Waals surface area contributed by atoms with Crippen molar-refractivity contribution in [3.63, 3.8) is 0 Å². The van der Waals surface area contributed by atoms with Crippen molar-refractivity contribution < 1.29 is 13.2 Å². The predicted octanol–water partition coefficient (Wildman–Crippen LogP) is 3.86. The van der Waals surface area contributed by atoms with Crippen LogP contribution in [0.3, 0.4) is 0 Å². The van der Waals surface area contributed by atoms with E-state index in [1.807, 2.05) is 6.92 Å². The molecule has 0 spiro atoms. The molecule has 0 atom stereocenters. The molecular formula is C14H17F3N4. The third-order valence-corrected chi connectivity index (χ3v) is 3.29. The summed E-state index contributed by atoms with van der Waals surface area (Å²) in [6.45, 7) is 5.94. The molecule has 7 heteroatoms. The van der Waals surface area contributed by atoms with Gasteiger partial charge in [0.15, 0.2) is 5.82 Å². The van der Waals surface area contributed by atoms with Crippen LogP contribution in [0.2, 0.25) is 0 Å². The maximum Gasteiger partial charge on any atom is 0.416 e. The molecule has 1 heterocycles. The van der Waals surface area contributed by atoms with E-state index in [4.69, 9.17) is 5.73 Å². The molecule has 3 N–H and O–H groups in total. The molecular weight excluding hydrogens is 281 g/mol. The summed E-state index contributed by atoms with van der Waals surface area (Å²) >= 11 is 0. The summed E-state index contributed by atoms with van der Waals surface area (Å²) in [5.41, 5.74) is 7.38. The molecule has 4 nitrogen and oxygen atoms in total. The van der Waals surface area contributed by atoms with Gasteiger partial charge in [0, 0.05) is 12.2 Å². The number of hydrogen-bond donors (Lipinski definition) is 2. The van der Waals surface area contributed by atoms with Gasteiger partial charge in [0.1, 0.15) is 0 Å². The van der Waals surface area contributed by atoms with Gasteiger partial charge in [0.2, 0.25) is 0 Å². The zero-order chi connectivity index (χ0) is 15.8. The van der Waals surface area contributed by atoms with E-state index in [0.29, 0.717) is 35.0 Å². The van der Waals surface area contributed by atoms with Crippen LogP contribution >= 0.6 is 0 Å². The lowest BCUT2D eigenvalue weighted by molar-refractivity contribution is -0.137. The van der Waals surface area contributed by atoms with E-state index in [-0.39, 0.29) is 0 Å². The van der Waals surface area contributed by atoms with Gasteiger partial charge in [-0.05, 0) is 38.5 Å².